The highest BCUT2D eigenvalue weighted by molar-refractivity contribution is 6.06. The third kappa shape index (κ3) is 3.10. The Balaban J connectivity index is 2.45. The van der Waals surface area contributed by atoms with Gasteiger partial charge in [-0.1, -0.05) is 31.2 Å². The van der Waals surface area contributed by atoms with E-state index in [1.165, 1.54) is 0 Å². The summed E-state index contributed by atoms with van der Waals surface area (Å²) >= 11 is 0. The Hall–Kier alpha value is -2.03. The highest BCUT2D eigenvalue weighted by Gasteiger charge is 2.15. The molecule has 3 nitrogen and oxygen atoms in total. The summed E-state index contributed by atoms with van der Waals surface area (Å²) in [5.41, 5.74) is 0.582. The van der Waals surface area contributed by atoms with Crippen molar-refractivity contribution in [1.82, 2.24) is 0 Å². The standard InChI is InChI=1S/C17H20O3/c1-4-11-19-16-10-9-15(17(18)20-12(2)3)13-7-5-6-8-14(13)16/h5-10,12H,4,11H2,1-3H3. The zero-order valence-corrected chi connectivity index (χ0v) is 12.2. The second kappa shape index (κ2) is 6.42. The van der Waals surface area contributed by atoms with Gasteiger partial charge in [-0.3, -0.25) is 0 Å². The molecule has 0 saturated carbocycles. The van der Waals surface area contributed by atoms with Crippen molar-refractivity contribution >= 4 is 16.7 Å². The summed E-state index contributed by atoms with van der Waals surface area (Å²) in [7, 11) is 0. The van der Waals surface area contributed by atoms with E-state index in [2.05, 4.69) is 6.92 Å². The van der Waals surface area contributed by atoms with Gasteiger partial charge in [0.2, 0.25) is 0 Å². The Morgan fingerprint density at radius 1 is 1.10 bits per heavy atom. The summed E-state index contributed by atoms with van der Waals surface area (Å²) < 4.78 is 11.0. The van der Waals surface area contributed by atoms with Crippen LogP contribution in [-0.4, -0.2) is 18.7 Å². The van der Waals surface area contributed by atoms with Crippen LogP contribution in [0.25, 0.3) is 10.8 Å². The van der Waals surface area contributed by atoms with Crippen LogP contribution in [0.15, 0.2) is 36.4 Å². The molecule has 0 fully saturated rings. The summed E-state index contributed by atoms with van der Waals surface area (Å²) in [6.45, 7) is 6.42. The number of esters is 1. The fourth-order valence-corrected chi connectivity index (χ4v) is 2.06. The molecule has 0 heterocycles. The van der Waals surface area contributed by atoms with E-state index in [9.17, 15) is 4.79 Å². The largest absolute Gasteiger partial charge is 0.493 e. The molecule has 20 heavy (non-hydrogen) atoms. The maximum absolute atomic E-state index is 12.1. The van der Waals surface area contributed by atoms with Crippen molar-refractivity contribution in [2.45, 2.75) is 33.3 Å². The smallest absolute Gasteiger partial charge is 0.339 e. The quantitative estimate of drug-likeness (QED) is 0.765. The molecule has 0 bridgehead atoms. The minimum Gasteiger partial charge on any atom is -0.493 e. The van der Waals surface area contributed by atoms with E-state index in [1.807, 2.05) is 44.2 Å². The lowest BCUT2D eigenvalue weighted by Gasteiger charge is -2.13. The maximum Gasteiger partial charge on any atom is 0.339 e. The van der Waals surface area contributed by atoms with Gasteiger partial charge in [0.25, 0.3) is 0 Å². The number of benzene rings is 2. The number of carbonyl (C=O) groups excluding carboxylic acids is 1. The second-order valence-electron chi connectivity index (χ2n) is 4.96. The minimum absolute atomic E-state index is 0.128. The fraction of sp³-hybridized carbons (Fsp3) is 0.353. The number of carbonyl (C=O) groups is 1. The Bertz CT molecular complexity index is 602. The van der Waals surface area contributed by atoms with Gasteiger partial charge in [-0.2, -0.15) is 0 Å². The molecule has 0 aliphatic heterocycles. The van der Waals surface area contributed by atoms with Crippen molar-refractivity contribution in [3.63, 3.8) is 0 Å². The van der Waals surface area contributed by atoms with E-state index < -0.39 is 0 Å². The number of ether oxygens (including phenoxy) is 2. The average Bonchev–Trinajstić information content (AvgIpc) is 2.43. The molecule has 0 saturated heterocycles. The zero-order chi connectivity index (χ0) is 14.5. The van der Waals surface area contributed by atoms with E-state index in [1.54, 1.807) is 6.07 Å². The summed E-state index contributed by atoms with van der Waals surface area (Å²) in [6.07, 6.45) is 0.822. The molecule has 2 rings (SSSR count). The van der Waals surface area contributed by atoms with Crippen LogP contribution in [0.1, 0.15) is 37.6 Å². The second-order valence-corrected chi connectivity index (χ2v) is 4.96. The molecule has 0 aliphatic carbocycles. The topological polar surface area (TPSA) is 35.5 Å². The van der Waals surface area contributed by atoms with Crippen molar-refractivity contribution in [2.75, 3.05) is 6.61 Å². The first-order chi connectivity index (χ1) is 9.63. The monoisotopic (exact) mass is 272 g/mol. The summed E-state index contributed by atoms with van der Waals surface area (Å²) in [6, 6.07) is 11.4. The van der Waals surface area contributed by atoms with E-state index in [0.29, 0.717) is 12.2 Å². The number of rotatable bonds is 5. The van der Waals surface area contributed by atoms with Crippen molar-refractivity contribution in [2.24, 2.45) is 0 Å². The van der Waals surface area contributed by atoms with Crippen LogP contribution < -0.4 is 4.74 Å². The molecule has 106 valence electrons. The summed E-state index contributed by atoms with van der Waals surface area (Å²) in [5.74, 6) is 0.516. The van der Waals surface area contributed by atoms with E-state index >= 15 is 0 Å². The van der Waals surface area contributed by atoms with Gasteiger partial charge in [-0.25, -0.2) is 4.79 Å². The van der Waals surface area contributed by atoms with Crippen LogP contribution in [-0.2, 0) is 4.74 Å². The first kappa shape index (κ1) is 14.4. The normalized spacial score (nSPS) is 10.8. The van der Waals surface area contributed by atoms with Gasteiger partial charge >= 0.3 is 5.97 Å². The molecular weight excluding hydrogens is 252 g/mol. The number of fused-ring (bicyclic) bond motifs is 1. The summed E-state index contributed by atoms with van der Waals surface area (Å²) in [4.78, 5) is 12.1. The van der Waals surface area contributed by atoms with Gasteiger partial charge in [-0.05, 0) is 37.8 Å². The van der Waals surface area contributed by atoms with E-state index in [0.717, 1.165) is 22.9 Å². The highest BCUT2D eigenvalue weighted by atomic mass is 16.5. The van der Waals surface area contributed by atoms with Crippen LogP contribution in [0.4, 0.5) is 0 Å². The Morgan fingerprint density at radius 2 is 1.80 bits per heavy atom. The van der Waals surface area contributed by atoms with E-state index in [4.69, 9.17) is 9.47 Å². The van der Waals surface area contributed by atoms with Crippen LogP contribution in [0.3, 0.4) is 0 Å². The van der Waals surface area contributed by atoms with Crippen LogP contribution in [0.2, 0.25) is 0 Å². The molecule has 0 N–H and O–H groups in total. The molecule has 0 aliphatic rings. The lowest BCUT2D eigenvalue weighted by atomic mass is 10.0. The molecule has 0 radical (unpaired) electrons. The molecule has 0 aromatic heterocycles. The van der Waals surface area contributed by atoms with E-state index in [-0.39, 0.29) is 12.1 Å². The van der Waals surface area contributed by atoms with Crippen molar-refractivity contribution < 1.29 is 14.3 Å². The third-order valence-electron chi connectivity index (χ3n) is 2.91. The Labute approximate surface area is 119 Å². The number of hydrogen-bond donors (Lipinski definition) is 0. The molecule has 0 amide bonds. The predicted octanol–water partition coefficient (Wildman–Crippen LogP) is 4.19. The Kier molecular flexibility index (Phi) is 4.61. The van der Waals surface area contributed by atoms with Crippen LogP contribution in [0, 0.1) is 0 Å². The number of hydrogen-bond acceptors (Lipinski definition) is 3. The third-order valence-corrected chi connectivity index (χ3v) is 2.91. The molecule has 0 atom stereocenters. The maximum atomic E-state index is 12.1. The molecule has 3 heteroatoms. The average molecular weight is 272 g/mol. The van der Waals surface area contributed by atoms with Gasteiger partial charge in [-0.15, -0.1) is 0 Å². The first-order valence-corrected chi connectivity index (χ1v) is 6.99. The minimum atomic E-state index is -0.293. The van der Waals surface area contributed by atoms with Gasteiger partial charge in [0.1, 0.15) is 5.75 Å². The first-order valence-electron chi connectivity index (χ1n) is 6.99. The molecule has 2 aromatic rings. The highest BCUT2D eigenvalue weighted by Crippen LogP contribution is 2.29. The van der Waals surface area contributed by atoms with Crippen LogP contribution in [0.5, 0.6) is 5.75 Å². The predicted molar refractivity (Wildman–Crippen MR) is 80.3 cm³/mol. The van der Waals surface area contributed by atoms with Crippen molar-refractivity contribution in [1.29, 1.82) is 0 Å². The van der Waals surface area contributed by atoms with Crippen LogP contribution >= 0.6 is 0 Å². The van der Waals surface area contributed by atoms with Gasteiger partial charge in [0.05, 0.1) is 18.3 Å². The SMILES string of the molecule is CCCOc1ccc(C(=O)OC(C)C)c2ccccc12. The fourth-order valence-electron chi connectivity index (χ4n) is 2.06. The zero-order valence-electron chi connectivity index (χ0n) is 12.2. The lowest BCUT2D eigenvalue weighted by Crippen LogP contribution is -2.12. The molecule has 2 aromatic carbocycles. The summed E-state index contributed by atoms with van der Waals surface area (Å²) in [5, 5.41) is 1.81. The van der Waals surface area contributed by atoms with Gasteiger partial charge < -0.3 is 9.47 Å². The lowest BCUT2D eigenvalue weighted by molar-refractivity contribution is 0.0380. The van der Waals surface area contributed by atoms with Crippen molar-refractivity contribution in [3.05, 3.63) is 42.0 Å². The van der Waals surface area contributed by atoms with Gasteiger partial charge in [0.15, 0.2) is 0 Å². The molecule has 0 unspecified atom stereocenters. The van der Waals surface area contributed by atoms with Crippen molar-refractivity contribution in [3.8, 4) is 5.75 Å². The van der Waals surface area contributed by atoms with Gasteiger partial charge in [0, 0.05) is 5.39 Å². The molecule has 0 spiro atoms. The Morgan fingerprint density at radius 3 is 2.45 bits per heavy atom. The molecular formula is C17H20O3.